The summed E-state index contributed by atoms with van der Waals surface area (Å²) in [5.74, 6) is 1.13. The lowest BCUT2D eigenvalue weighted by atomic mass is 10.1. The fourth-order valence-corrected chi connectivity index (χ4v) is 3.95. The average molecular weight is 455 g/mol. The van der Waals surface area contributed by atoms with E-state index in [9.17, 15) is 9.59 Å². The second-order valence-corrected chi connectivity index (χ2v) is 8.23. The number of amides is 2. The molecule has 10 heteroatoms. The largest absolute Gasteiger partial charge is 0.496 e. The molecule has 0 radical (unpaired) electrons. The first-order chi connectivity index (χ1) is 15.5. The monoisotopic (exact) mass is 454 g/mol. The second-order valence-electron chi connectivity index (χ2n) is 7.26. The highest BCUT2D eigenvalue weighted by Crippen LogP contribution is 2.37. The van der Waals surface area contributed by atoms with Crippen LogP contribution in [0.5, 0.6) is 17.2 Å². The molecule has 32 heavy (non-hydrogen) atoms. The number of methoxy groups -OCH3 is 1. The Morgan fingerprint density at radius 3 is 2.72 bits per heavy atom. The van der Waals surface area contributed by atoms with Crippen molar-refractivity contribution in [2.45, 2.75) is 19.9 Å². The molecule has 3 aromatic rings. The summed E-state index contributed by atoms with van der Waals surface area (Å²) in [5, 5.41) is 11.9. The molecule has 2 aromatic carbocycles. The van der Waals surface area contributed by atoms with Crippen LogP contribution in [0, 0.1) is 0 Å². The van der Waals surface area contributed by atoms with Crippen molar-refractivity contribution >= 4 is 28.3 Å². The van der Waals surface area contributed by atoms with Gasteiger partial charge in [0.15, 0.2) is 11.5 Å². The normalized spacial score (nSPS) is 12.0. The Hall–Kier alpha value is -3.66. The van der Waals surface area contributed by atoms with E-state index in [0.717, 1.165) is 5.56 Å². The number of hydrogen-bond donors (Lipinski definition) is 1. The van der Waals surface area contributed by atoms with E-state index in [-0.39, 0.29) is 31.2 Å². The molecule has 0 spiro atoms. The molecule has 2 amide bonds. The summed E-state index contributed by atoms with van der Waals surface area (Å²) < 4.78 is 16.0. The highest BCUT2D eigenvalue weighted by molar-refractivity contribution is 7.18. The molecule has 1 aliphatic rings. The van der Waals surface area contributed by atoms with Crippen molar-refractivity contribution in [3.05, 3.63) is 48.0 Å². The molecule has 1 aromatic heterocycles. The molecule has 0 aliphatic carbocycles. The van der Waals surface area contributed by atoms with Crippen molar-refractivity contribution in [3.63, 3.8) is 0 Å². The predicted octanol–water partition coefficient (Wildman–Crippen LogP) is 3.43. The summed E-state index contributed by atoms with van der Waals surface area (Å²) >= 11 is 1.23. The zero-order valence-electron chi connectivity index (χ0n) is 17.8. The number of fused-ring (bicyclic) bond motifs is 1. The van der Waals surface area contributed by atoms with Gasteiger partial charge >= 0.3 is 0 Å². The molecule has 166 valence electrons. The van der Waals surface area contributed by atoms with Gasteiger partial charge in [0.2, 0.25) is 17.8 Å². The zero-order chi connectivity index (χ0) is 22.7. The van der Waals surface area contributed by atoms with Gasteiger partial charge in [-0.15, -0.1) is 10.2 Å². The lowest BCUT2D eigenvalue weighted by Gasteiger charge is -2.26. The van der Waals surface area contributed by atoms with Gasteiger partial charge in [0.05, 0.1) is 12.7 Å². The lowest BCUT2D eigenvalue weighted by Crippen LogP contribution is -2.42. The van der Waals surface area contributed by atoms with Crippen LogP contribution in [0.15, 0.2) is 42.5 Å². The van der Waals surface area contributed by atoms with Crippen LogP contribution >= 0.6 is 11.3 Å². The van der Waals surface area contributed by atoms with Crippen LogP contribution < -0.4 is 19.5 Å². The van der Waals surface area contributed by atoms with Crippen molar-refractivity contribution in [1.29, 1.82) is 0 Å². The van der Waals surface area contributed by atoms with Crippen molar-refractivity contribution in [1.82, 2.24) is 15.1 Å². The van der Waals surface area contributed by atoms with E-state index >= 15 is 0 Å². The van der Waals surface area contributed by atoms with Gasteiger partial charge in [-0.05, 0) is 44.2 Å². The fourth-order valence-electron chi connectivity index (χ4n) is 3.20. The number of benzene rings is 2. The molecule has 1 N–H and O–H groups in total. The molecule has 2 heterocycles. The number of para-hydroxylation sites is 1. The third kappa shape index (κ3) is 4.50. The molecule has 0 atom stereocenters. The van der Waals surface area contributed by atoms with Crippen molar-refractivity contribution in [2.75, 3.05) is 25.8 Å². The Morgan fingerprint density at radius 1 is 1.16 bits per heavy atom. The van der Waals surface area contributed by atoms with Crippen LogP contribution in [-0.2, 0) is 4.79 Å². The summed E-state index contributed by atoms with van der Waals surface area (Å²) in [7, 11) is 1.51. The van der Waals surface area contributed by atoms with Crippen LogP contribution in [0.3, 0.4) is 0 Å². The quantitative estimate of drug-likeness (QED) is 0.583. The van der Waals surface area contributed by atoms with E-state index in [1.54, 1.807) is 30.3 Å². The number of aromatic nitrogens is 2. The Kier molecular flexibility index (Phi) is 6.22. The van der Waals surface area contributed by atoms with E-state index in [0.29, 0.717) is 33.0 Å². The summed E-state index contributed by atoms with van der Waals surface area (Å²) in [6.45, 7) is 3.76. The highest BCUT2D eigenvalue weighted by atomic mass is 32.1. The lowest BCUT2D eigenvalue weighted by molar-refractivity contribution is -0.117. The fraction of sp³-hybridized carbons (Fsp3) is 0.273. The molecule has 0 saturated heterocycles. The summed E-state index contributed by atoms with van der Waals surface area (Å²) in [5.41, 5.74) is 1.21. The van der Waals surface area contributed by atoms with E-state index in [4.69, 9.17) is 14.2 Å². The zero-order valence-corrected chi connectivity index (χ0v) is 18.6. The van der Waals surface area contributed by atoms with E-state index in [1.807, 2.05) is 26.0 Å². The van der Waals surface area contributed by atoms with E-state index < -0.39 is 0 Å². The molecule has 0 unspecified atom stereocenters. The van der Waals surface area contributed by atoms with Crippen LogP contribution in [0.4, 0.5) is 5.13 Å². The minimum atomic E-state index is -0.365. The third-order valence-corrected chi connectivity index (χ3v) is 5.71. The van der Waals surface area contributed by atoms with Gasteiger partial charge in [0.25, 0.3) is 5.91 Å². The Labute approximate surface area is 188 Å². The molecular formula is C22H22N4O5S. The van der Waals surface area contributed by atoms with Crippen LogP contribution in [0.1, 0.15) is 24.2 Å². The van der Waals surface area contributed by atoms with Gasteiger partial charge in [-0.25, -0.2) is 0 Å². The molecule has 1 aliphatic heterocycles. The first-order valence-corrected chi connectivity index (χ1v) is 10.7. The van der Waals surface area contributed by atoms with Gasteiger partial charge in [0, 0.05) is 11.6 Å². The predicted molar refractivity (Wildman–Crippen MR) is 119 cm³/mol. The second kappa shape index (κ2) is 9.23. The standard InChI is InChI=1S/C22H22N4O5S/c1-13(2)26(21(28)15-6-4-5-7-16(15)29-3)11-19(27)23-22-25-24-20(32-22)14-8-9-17-18(10-14)31-12-30-17/h4-10,13H,11-12H2,1-3H3,(H,23,25,27). The van der Waals surface area contributed by atoms with E-state index in [2.05, 4.69) is 15.5 Å². The smallest absolute Gasteiger partial charge is 0.258 e. The number of rotatable bonds is 7. The third-order valence-electron chi connectivity index (χ3n) is 4.83. The molecule has 0 saturated carbocycles. The van der Waals surface area contributed by atoms with Crippen LogP contribution in [0.25, 0.3) is 10.6 Å². The maximum absolute atomic E-state index is 13.1. The first-order valence-electron chi connectivity index (χ1n) is 9.93. The number of ether oxygens (including phenoxy) is 3. The van der Waals surface area contributed by atoms with Crippen molar-refractivity contribution in [2.24, 2.45) is 0 Å². The minimum absolute atomic E-state index is 0.131. The Bertz CT molecular complexity index is 1150. The summed E-state index contributed by atoms with van der Waals surface area (Å²) in [4.78, 5) is 27.2. The topological polar surface area (TPSA) is 103 Å². The summed E-state index contributed by atoms with van der Waals surface area (Å²) in [6.07, 6.45) is 0. The number of hydrogen-bond acceptors (Lipinski definition) is 8. The molecule has 0 fully saturated rings. The van der Waals surface area contributed by atoms with Gasteiger partial charge in [0.1, 0.15) is 17.3 Å². The van der Waals surface area contributed by atoms with Crippen LogP contribution in [-0.4, -0.2) is 53.4 Å². The highest BCUT2D eigenvalue weighted by Gasteiger charge is 2.24. The van der Waals surface area contributed by atoms with E-state index in [1.165, 1.54) is 23.3 Å². The number of anilines is 1. The van der Waals surface area contributed by atoms with Gasteiger partial charge < -0.3 is 19.1 Å². The maximum atomic E-state index is 13.1. The first kappa shape index (κ1) is 21.6. The Balaban J connectivity index is 1.45. The van der Waals surface area contributed by atoms with Crippen molar-refractivity contribution in [3.8, 4) is 27.8 Å². The maximum Gasteiger partial charge on any atom is 0.258 e. The molecule has 9 nitrogen and oxygen atoms in total. The minimum Gasteiger partial charge on any atom is -0.496 e. The number of nitrogens with one attached hydrogen (secondary N) is 1. The average Bonchev–Trinajstić information content (AvgIpc) is 3.45. The number of carbonyl (C=O) groups excluding carboxylic acids is 2. The van der Waals surface area contributed by atoms with Gasteiger partial charge in [-0.2, -0.15) is 0 Å². The molecular weight excluding hydrogens is 432 g/mol. The van der Waals surface area contributed by atoms with Gasteiger partial charge in [-0.1, -0.05) is 23.5 Å². The number of carbonyl (C=O) groups is 2. The Morgan fingerprint density at radius 2 is 1.94 bits per heavy atom. The molecule has 4 rings (SSSR count). The molecule has 0 bridgehead atoms. The van der Waals surface area contributed by atoms with Crippen molar-refractivity contribution < 1.29 is 23.8 Å². The summed E-state index contributed by atoms with van der Waals surface area (Å²) in [6, 6.07) is 12.2. The van der Waals surface area contributed by atoms with Crippen LogP contribution in [0.2, 0.25) is 0 Å². The van der Waals surface area contributed by atoms with Gasteiger partial charge in [-0.3, -0.25) is 14.9 Å². The SMILES string of the molecule is COc1ccccc1C(=O)N(CC(=O)Nc1nnc(-c2ccc3c(c2)OCO3)s1)C(C)C. The number of nitrogens with zero attached hydrogens (tertiary/aromatic N) is 3.